The number of benzene rings is 1. The summed E-state index contributed by atoms with van der Waals surface area (Å²) in [6.07, 6.45) is 2.20. The van der Waals surface area contributed by atoms with Crippen molar-refractivity contribution in [2.45, 2.75) is 31.6 Å². The Morgan fingerprint density at radius 2 is 2.29 bits per heavy atom. The van der Waals surface area contributed by atoms with Gasteiger partial charge >= 0.3 is 5.97 Å². The van der Waals surface area contributed by atoms with Gasteiger partial charge in [0.15, 0.2) is 0 Å². The summed E-state index contributed by atoms with van der Waals surface area (Å²) in [6, 6.07) is 6.14. The molecule has 3 rings (SSSR count). The Hall–Kier alpha value is -1.42. The number of hydrogen-bond donors (Lipinski definition) is 1. The number of aliphatic carboxylic acids is 1. The first kappa shape index (κ1) is 10.7. The minimum Gasteiger partial charge on any atom is -0.481 e. The van der Waals surface area contributed by atoms with E-state index in [9.17, 15) is 4.79 Å². The van der Waals surface area contributed by atoms with E-state index in [1.165, 1.54) is 22.5 Å². The van der Waals surface area contributed by atoms with Crippen molar-refractivity contribution in [2.24, 2.45) is 0 Å². The molecular weight excluding hydrogens is 234 g/mol. The lowest BCUT2D eigenvalue weighted by Crippen LogP contribution is -2.13. The molecule has 1 aliphatic rings. The molecule has 0 unspecified atom stereocenters. The Morgan fingerprint density at radius 3 is 2.94 bits per heavy atom. The lowest BCUT2D eigenvalue weighted by molar-refractivity contribution is -0.137. The number of rotatable bonds is 3. The molecule has 1 saturated carbocycles. The molecule has 3 nitrogen and oxygen atoms in total. The Morgan fingerprint density at radius 1 is 1.53 bits per heavy atom. The second-order valence-electron chi connectivity index (χ2n) is 4.80. The highest BCUT2D eigenvalue weighted by molar-refractivity contribution is 7.13. The fourth-order valence-corrected chi connectivity index (χ4v) is 3.38. The molecule has 0 aliphatic heterocycles. The van der Waals surface area contributed by atoms with Crippen molar-refractivity contribution in [1.82, 2.24) is 4.37 Å². The zero-order valence-electron chi connectivity index (χ0n) is 9.56. The van der Waals surface area contributed by atoms with Gasteiger partial charge in [-0.3, -0.25) is 4.79 Å². The molecule has 0 bridgehead atoms. The summed E-state index contributed by atoms with van der Waals surface area (Å²) in [5.41, 5.74) is 2.08. The monoisotopic (exact) mass is 247 g/mol. The van der Waals surface area contributed by atoms with Crippen LogP contribution in [-0.4, -0.2) is 15.4 Å². The van der Waals surface area contributed by atoms with Crippen LogP contribution < -0.4 is 0 Å². The van der Waals surface area contributed by atoms with E-state index in [4.69, 9.17) is 5.11 Å². The van der Waals surface area contributed by atoms with Gasteiger partial charge in [0.05, 0.1) is 16.8 Å². The lowest BCUT2D eigenvalue weighted by Gasteiger charge is -2.14. The smallest absolute Gasteiger partial charge is 0.304 e. The first-order valence-corrected chi connectivity index (χ1v) is 6.47. The van der Waals surface area contributed by atoms with Gasteiger partial charge in [0.2, 0.25) is 0 Å². The third-order valence-electron chi connectivity index (χ3n) is 3.58. The molecule has 4 heteroatoms. The Bertz CT molecular complexity index is 598. The molecule has 0 radical (unpaired) electrons. The zero-order valence-corrected chi connectivity index (χ0v) is 10.4. The van der Waals surface area contributed by atoms with Crippen LogP contribution in [0.4, 0.5) is 0 Å². The normalized spacial score (nSPS) is 17.2. The summed E-state index contributed by atoms with van der Waals surface area (Å²) < 4.78 is 5.53. The largest absolute Gasteiger partial charge is 0.481 e. The van der Waals surface area contributed by atoms with Crippen LogP contribution in [0.5, 0.6) is 0 Å². The molecule has 0 atom stereocenters. The topological polar surface area (TPSA) is 50.2 Å². The first-order valence-electron chi connectivity index (χ1n) is 5.70. The second kappa shape index (κ2) is 3.53. The van der Waals surface area contributed by atoms with Gasteiger partial charge in [0, 0.05) is 10.8 Å². The Kier molecular flexibility index (Phi) is 2.23. The summed E-state index contributed by atoms with van der Waals surface area (Å²) in [4.78, 5) is 11.0. The van der Waals surface area contributed by atoms with Gasteiger partial charge in [-0.1, -0.05) is 12.1 Å². The van der Waals surface area contributed by atoms with Gasteiger partial charge in [-0.25, -0.2) is 0 Å². The highest BCUT2D eigenvalue weighted by atomic mass is 32.1. The second-order valence-corrected chi connectivity index (χ2v) is 5.60. The predicted octanol–water partition coefficient (Wildman–Crippen LogP) is 3.11. The van der Waals surface area contributed by atoms with E-state index in [2.05, 4.69) is 16.5 Å². The Labute approximate surface area is 103 Å². The fraction of sp³-hybridized carbons (Fsp3) is 0.385. The summed E-state index contributed by atoms with van der Waals surface area (Å²) in [6.45, 7) is 2.00. The van der Waals surface area contributed by atoms with Gasteiger partial charge in [0.25, 0.3) is 0 Å². The van der Waals surface area contributed by atoms with Gasteiger partial charge in [-0.15, -0.1) is 0 Å². The SMILES string of the molecule is Cc1nsc2cccc(C3(CC(=O)O)CC3)c12. The van der Waals surface area contributed by atoms with E-state index < -0.39 is 5.97 Å². The van der Waals surface area contributed by atoms with Gasteiger partial charge in [-0.05, 0) is 42.9 Å². The average Bonchev–Trinajstić information content (AvgIpc) is 2.96. The first-order chi connectivity index (χ1) is 8.12. The van der Waals surface area contributed by atoms with Gasteiger partial charge in [0.1, 0.15) is 0 Å². The summed E-state index contributed by atoms with van der Waals surface area (Å²) in [7, 11) is 0. The van der Waals surface area contributed by atoms with Crippen molar-refractivity contribution in [3.63, 3.8) is 0 Å². The fourth-order valence-electron chi connectivity index (χ4n) is 2.57. The molecule has 0 spiro atoms. The maximum Gasteiger partial charge on any atom is 0.304 e. The molecular formula is C13H13NO2S. The minimum absolute atomic E-state index is 0.126. The van der Waals surface area contributed by atoms with Crippen LogP contribution in [0.2, 0.25) is 0 Å². The van der Waals surface area contributed by atoms with Crippen LogP contribution in [0, 0.1) is 6.92 Å². The van der Waals surface area contributed by atoms with E-state index in [-0.39, 0.29) is 11.8 Å². The highest BCUT2D eigenvalue weighted by Crippen LogP contribution is 2.53. The van der Waals surface area contributed by atoms with E-state index in [1.54, 1.807) is 0 Å². The number of aryl methyl sites for hydroxylation is 1. The number of hydrogen-bond acceptors (Lipinski definition) is 3. The molecule has 1 aliphatic carbocycles. The standard InChI is InChI=1S/C13H13NO2S/c1-8-12-9(3-2-4-10(12)17-14-8)13(5-6-13)7-11(15)16/h2-4H,5-7H2,1H3,(H,15,16). The summed E-state index contributed by atoms with van der Waals surface area (Å²) in [5, 5.41) is 10.2. The molecule has 0 amide bonds. The number of fused-ring (bicyclic) bond motifs is 1. The maximum absolute atomic E-state index is 11.0. The average molecular weight is 247 g/mol. The zero-order chi connectivity index (χ0) is 12.0. The quantitative estimate of drug-likeness (QED) is 0.906. The van der Waals surface area contributed by atoms with Crippen molar-refractivity contribution >= 4 is 27.6 Å². The minimum atomic E-state index is -0.708. The summed E-state index contributed by atoms with van der Waals surface area (Å²) >= 11 is 1.49. The number of nitrogens with zero attached hydrogens (tertiary/aromatic N) is 1. The molecule has 88 valence electrons. The van der Waals surface area contributed by atoms with Crippen LogP contribution in [0.15, 0.2) is 18.2 Å². The van der Waals surface area contributed by atoms with Crippen LogP contribution in [0.1, 0.15) is 30.5 Å². The molecule has 17 heavy (non-hydrogen) atoms. The van der Waals surface area contributed by atoms with Crippen molar-refractivity contribution in [3.8, 4) is 0 Å². The van der Waals surface area contributed by atoms with E-state index in [0.29, 0.717) is 0 Å². The number of aromatic nitrogens is 1. The lowest BCUT2D eigenvalue weighted by atomic mass is 9.89. The van der Waals surface area contributed by atoms with Crippen molar-refractivity contribution in [3.05, 3.63) is 29.5 Å². The van der Waals surface area contributed by atoms with E-state index in [0.717, 1.165) is 23.2 Å². The number of carboxylic acids is 1. The molecule has 1 heterocycles. The third-order valence-corrected chi connectivity index (χ3v) is 4.49. The van der Waals surface area contributed by atoms with Crippen molar-refractivity contribution < 1.29 is 9.90 Å². The van der Waals surface area contributed by atoms with Gasteiger partial charge in [-0.2, -0.15) is 4.37 Å². The van der Waals surface area contributed by atoms with Crippen molar-refractivity contribution in [2.75, 3.05) is 0 Å². The van der Waals surface area contributed by atoms with Crippen LogP contribution >= 0.6 is 11.5 Å². The molecule has 1 aromatic heterocycles. The molecule has 1 fully saturated rings. The third kappa shape index (κ3) is 1.63. The Balaban J connectivity index is 2.17. The van der Waals surface area contributed by atoms with Crippen LogP contribution in [-0.2, 0) is 10.2 Å². The summed E-state index contributed by atoms with van der Waals surface area (Å²) in [5.74, 6) is -0.708. The maximum atomic E-state index is 11.0. The number of carboxylic acid groups (broad SMARTS) is 1. The molecule has 1 aromatic carbocycles. The highest BCUT2D eigenvalue weighted by Gasteiger charge is 2.47. The van der Waals surface area contributed by atoms with E-state index >= 15 is 0 Å². The van der Waals surface area contributed by atoms with Crippen LogP contribution in [0.25, 0.3) is 10.1 Å². The molecule has 1 N–H and O–H groups in total. The van der Waals surface area contributed by atoms with Crippen molar-refractivity contribution in [1.29, 1.82) is 0 Å². The number of carbonyl (C=O) groups is 1. The van der Waals surface area contributed by atoms with E-state index in [1.807, 2.05) is 13.0 Å². The molecule has 2 aromatic rings. The molecule has 0 saturated heterocycles. The van der Waals surface area contributed by atoms with Crippen LogP contribution in [0.3, 0.4) is 0 Å². The van der Waals surface area contributed by atoms with Gasteiger partial charge < -0.3 is 5.11 Å². The predicted molar refractivity (Wildman–Crippen MR) is 67.5 cm³/mol.